The van der Waals surface area contributed by atoms with Crippen LogP contribution in [0.4, 0.5) is 0 Å². The Hall–Kier alpha value is -1.03. The minimum Gasteiger partial charge on any atom is -0.448 e. The average molecular weight is 284 g/mol. The van der Waals surface area contributed by atoms with Gasteiger partial charge in [0, 0.05) is 20.0 Å². The molecule has 1 N–H and O–H groups in total. The van der Waals surface area contributed by atoms with E-state index in [4.69, 9.17) is 12.2 Å². The first-order valence-electron chi connectivity index (χ1n) is 5.57. The van der Waals surface area contributed by atoms with Gasteiger partial charge in [0.1, 0.15) is 0 Å². The molecule has 1 aromatic carbocycles. The van der Waals surface area contributed by atoms with Crippen molar-refractivity contribution in [2.45, 2.75) is 13.3 Å². The molecule has 1 rings (SSSR count). The number of thiocarbonyl (C=S) groups is 1. The molecule has 0 aliphatic carbocycles. The van der Waals surface area contributed by atoms with Crippen LogP contribution in [-0.2, 0) is 10.9 Å². The van der Waals surface area contributed by atoms with Crippen LogP contribution >= 0.6 is 21.7 Å². The van der Waals surface area contributed by atoms with Gasteiger partial charge in [0.15, 0.2) is 0 Å². The van der Waals surface area contributed by atoms with Crippen LogP contribution in [0.5, 0.6) is 0 Å². The van der Waals surface area contributed by atoms with E-state index < -0.39 is 0 Å². The number of hydrazine groups is 1. The summed E-state index contributed by atoms with van der Waals surface area (Å²) in [4.78, 5) is 12.0. The molecule has 0 aliphatic rings. The number of carbonyl (C=O) groups excluding carboxylic acids is 1. The third kappa shape index (κ3) is 4.69. The molecule has 6 heteroatoms. The van der Waals surface area contributed by atoms with Crippen molar-refractivity contribution in [2.75, 3.05) is 13.6 Å². The van der Waals surface area contributed by atoms with Crippen LogP contribution in [0, 0.1) is 0 Å². The lowest BCUT2D eigenvalue weighted by Crippen LogP contribution is -2.38. The van der Waals surface area contributed by atoms with Gasteiger partial charge in [-0.25, -0.2) is 9.80 Å². The van der Waals surface area contributed by atoms with Crippen LogP contribution in [0.2, 0.25) is 0 Å². The van der Waals surface area contributed by atoms with Crippen molar-refractivity contribution in [3.8, 4) is 0 Å². The van der Waals surface area contributed by atoms with Crippen molar-refractivity contribution in [1.29, 1.82) is 0 Å². The van der Waals surface area contributed by atoms with Crippen molar-refractivity contribution < 1.29 is 9.32 Å². The molecule has 0 aliphatic heterocycles. The molecule has 0 bridgehead atoms. The van der Waals surface area contributed by atoms with Crippen LogP contribution in [0.1, 0.15) is 22.8 Å². The summed E-state index contributed by atoms with van der Waals surface area (Å²) in [7, 11) is 3.88. The van der Waals surface area contributed by atoms with Crippen molar-refractivity contribution in [1.82, 2.24) is 10.4 Å². The van der Waals surface area contributed by atoms with Gasteiger partial charge in [-0.1, -0.05) is 31.3 Å². The number of rotatable bonds is 5. The molecule has 0 heterocycles. The van der Waals surface area contributed by atoms with Gasteiger partial charge in [-0.3, -0.25) is 0 Å². The van der Waals surface area contributed by atoms with Crippen molar-refractivity contribution in [3.05, 3.63) is 35.4 Å². The highest BCUT2D eigenvalue weighted by Gasteiger charge is 2.06. The Morgan fingerprint density at radius 3 is 2.56 bits per heavy atom. The summed E-state index contributed by atoms with van der Waals surface area (Å²) in [5.41, 5.74) is 4.68. The molecule has 0 aromatic heterocycles. The number of hydrogen-bond donors (Lipinski definition) is 1. The average Bonchev–Trinajstić information content (AvgIpc) is 2.38. The van der Waals surface area contributed by atoms with Crippen LogP contribution < -0.4 is 5.43 Å². The van der Waals surface area contributed by atoms with E-state index >= 15 is 0 Å². The number of nitrogens with zero attached hydrogens (tertiary/aromatic N) is 1. The van der Waals surface area contributed by atoms with Crippen LogP contribution in [-0.4, -0.2) is 29.6 Å². The summed E-state index contributed by atoms with van der Waals surface area (Å²) in [6.07, 6.45) is 0.649. The van der Waals surface area contributed by atoms with E-state index in [1.54, 1.807) is 12.1 Å². The Morgan fingerprint density at radius 1 is 1.44 bits per heavy atom. The van der Waals surface area contributed by atoms with Gasteiger partial charge < -0.3 is 9.95 Å². The first-order chi connectivity index (χ1) is 8.56. The molecule has 4 nitrogen and oxygen atoms in total. The van der Waals surface area contributed by atoms with E-state index in [9.17, 15) is 4.79 Å². The van der Waals surface area contributed by atoms with Crippen molar-refractivity contribution in [3.63, 3.8) is 0 Å². The second-order valence-corrected chi connectivity index (χ2v) is 4.56. The summed E-state index contributed by atoms with van der Waals surface area (Å²) >= 11 is 5.24. The normalized spacial score (nSPS) is 10.2. The van der Waals surface area contributed by atoms with Gasteiger partial charge in [0.05, 0.1) is 20.0 Å². The molecule has 0 amide bonds. The Kier molecular flexibility index (Phi) is 6.19. The molecular weight excluding hydrogens is 267 g/mol. The lowest BCUT2D eigenvalue weighted by Gasteiger charge is -2.17. The highest BCUT2D eigenvalue weighted by atomic mass is 32.1. The summed E-state index contributed by atoms with van der Waals surface area (Å²) < 4.78 is 4.56. The minimum atomic E-state index is -0.363. The molecule has 0 fully saturated rings. The van der Waals surface area contributed by atoms with E-state index in [0.29, 0.717) is 12.0 Å². The first kappa shape index (κ1) is 15.0. The maximum Gasteiger partial charge on any atom is 0.340 e. The molecular formula is C12H17N2O2PS. The molecule has 0 spiro atoms. The number of hydrogen-bond acceptors (Lipinski definition) is 4. The highest BCUT2D eigenvalue weighted by Crippen LogP contribution is 2.08. The van der Waals surface area contributed by atoms with E-state index in [1.807, 2.05) is 40.6 Å². The van der Waals surface area contributed by atoms with E-state index in [-0.39, 0.29) is 5.97 Å². The molecule has 1 atom stereocenters. The Labute approximate surface area is 115 Å². The number of nitrogens with one attached hydrogen (secondary N) is 1. The van der Waals surface area contributed by atoms with Gasteiger partial charge in [-0.2, -0.15) is 0 Å². The maximum atomic E-state index is 11.2. The summed E-state index contributed by atoms with van der Waals surface area (Å²) in [6, 6.07) is 7.20. The molecule has 0 saturated heterocycles. The zero-order chi connectivity index (χ0) is 13.5. The fourth-order valence-electron chi connectivity index (χ4n) is 1.34. The molecule has 18 heavy (non-hydrogen) atoms. The SMILES string of the molecule is CCN(C)NC(=S)Cc1ccc(C(=O)OP)cc1. The zero-order valence-electron chi connectivity index (χ0n) is 10.5. The third-order valence-electron chi connectivity index (χ3n) is 2.45. The fourth-order valence-corrected chi connectivity index (χ4v) is 1.80. The van der Waals surface area contributed by atoms with Crippen molar-refractivity contribution >= 4 is 32.6 Å². The predicted octanol–water partition coefficient (Wildman–Crippen LogP) is 1.96. The molecule has 1 aromatic rings. The summed E-state index contributed by atoms with van der Waals surface area (Å²) in [5, 5.41) is 1.92. The molecule has 1 unspecified atom stereocenters. The number of benzene rings is 1. The quantitative estimate of drug-likeness (QED) is 0.508. The lowest BCUT2D eigenvalue weighted by atomic mass is 10.1. The van der Waals surface area contributed by atoms with Crippen LogP contribution in [0.25, 0.3) is 0 Å². The summed E-state index contributed by atoms with van der Waals surface area (Å²) in [5.74, 6) is -0.363. The van der Waals surface area contributed by atoms with Gasteiger partial charge in [-0.15, -0.1) is 0 Å². The van der Waals surface area contributed by atoms with Gasteiger partial charge in [-0.05, 0) is 17.7 Å². The third-order valence-corrected chi connectivity index (χ3v) is 2.90. The van der Waals surface area contributed by atoms with Crippen LogP contribution in [0.3, 0.4) is 0 Å². The van der Waals surface area contributed by atoms with E-state index in [0.717, 1.165) is 17.1 Å². The van der Waals surface area contributed by atoms with E-state index in [2.05, 4.69) is 9.95 Å². The molecule has 0 saturated carbocycles. The highest BCUT2D eigenvalue weighted by molar-refractivity contribution is 7.80. The van der Waals surface area contributed by atoms with Crippen molar-refractivity contribution in [2.24, 2.45) is 0 Å². The maximum absolute atomic E-state index is 11.2. The minimum absolute atomic E-state index is 0.363. The molecule has 0 radical (unpaired) electrons. The van der Waals surface area contributed by atoms with Gasteiger partial charge in [0.25, 0.3) is 0 Å². The predicted molar refractivity (Wildman–Crippen MR) is 79.3 cm³/mol. The topological polar surface area (TPSA) is 41.6 Å². The monoisotopic (exact) mass is 284 g/mol. The van der Waals surface area contributed by atoms with Crippen LogP contribution in [0.15, 0.2) is 24.3 Å². The second-order valence-electron chi connectivity index (χ2n) is 3.83. The van der Waals surface area contributed by atoms with Gasteiger partial charge >= 0.3 is 5.97 Å². The largest absolute Gasteiger partial charge is 0.448 e. The zero-order valence-corrected chi connectivity index (χ0v) is 12.4. The smallest absolute Gasteiger partial charge is 0.340 e. The summed E-state index contributed by atoms with van der Waals surface area (Å²) in [6.45, 7) is 2.91. The molecule has 98 valence electrons. The van der Waals surface area contributed by atoms with E-state index in [1.165, 1.54) is 0 Å². The Bertz CT molecular complexity index is 423. The lowest BCUT2D eigenvalue weighted by molar-refractivity contribution is 0.0765. The second kappa shape index (κ2) is 7.41. The first-order valence-corrected chi connectivity index (χ1v) is 6.45. The Morgan fingerprint density at radius 2 is 2.06 bits per heavy atom. The Balaban J connectivity index is 2.58. The number of carbonyl (C=O) groups is 1. The van der Waals surface area contributed by atoms with Gasteiger partial charge in [0.2, 0.25) is 0 Å². The fraction of sp³-hybridized carbons (Fsp3) is 0.333. The standard InChI is InChI=1S/C12H17N2O2PS/c1-3-14(2)13-11(18)8-9-4-6-10(7-5-9)12(15)16-17/h4-7H,3,8,17H2,1-2H3,(H,13,18).